The number of carbonyl (C=O) groups excluding carboxylic acids is 3. The molecule has 0 fully saturated rings. The predicted molar refractivity (Wildman–Crippen MR) is 111 cm³/mol. The zero-order valence-electron chi connectivity index (χ0n) is 16.6. The van der Waals surface area contributed by atoms with E-state index in [-0.39, 0.29) is 18.8 Å². The quantitative estimate of drug-likeness (QED) is 0.704. The van der Waals surface area contributed by atoms with Crippen molar-refractivity contribution in [3.8, 4) is 0 Å². The van der Waals surface area contributed by atoms with Gasteiger partial charge in [0.25, 0.3) is 0 Å². The molecule has 0 saturated heterocycles. The molecule has 3 amide bonds. The summed E-state index contributed by atoms with van der Waals surface area (Å²) in [6, 6.07) is 14.1. The van der Waals surface area contributed by atoms with Crippen LogP contribution in [0.25, 0.3) is 0 Å². The Bertz CT molecular complexity index is 990. The van der Waals surface area contributed by atoms with E-state index in [1.807, 2.05) is 30.3 Å². The molecule has 1 unspecified atom stereocenters. The maximum absolute atomic E-state index is 13.0. The van der Waals surface area contributed by atoms with E-state index in [1.54, 1.807) is 38.1 Å². The van der Waals surface area contributed by atoms with Crippen molar-refractivity contribution in [2.45, 2.75) is 26.5 Å². The lowest BCUT2D eigenvalue weighted by Gasteiger charge is -2.35. The van der Waals surface area contributed by atoms with Crippen LogP contribution in [-0.4, -0.2) is 29.6 Å². The lowest BCUT2D eigenvalue weighted by atomic mass is 9.94. The van der Waals surface area contributed by atoms with Gasteiger partial charge in [0, 0.05) is 10.7 Å². The molecule has 1 aliphatic rings. The zero-order valence-corrected chi connectivity index (χ0v) is 17.3. The van der Waals surface area contributed by atoms with E-state index < -0.39 is 24.1 Å². The van der Waals surface area contributed by atoms with Gasteiger partial charge in [-0.3, -0.25) is 0 Å². The van der Waals surface area contributed by atoms with Crippen LogP contribution < -0.4 is 5.32 Å². The second kappa shape index (κ2) is 9.45. The Morgan fingerprint density at radius 3 is 2.50 bits per heavy atom. The van der Waals surface area contributed by atoms with Crippen molar-refractivity contribution in [2.75, 3.05) is 6.61 Å². The van der Waals surface area contributed by atoms with Crippen molar-refractivity contribution in [3.63, 3.8) is 0 Å². The van der Waals surface area contributed by atoms with Gasteiger partial charge in [0.15, 0.2) is 0 Å². The number of hydrogen-bond acceptors (Lipinski definition) is 5. The van der Waals surface area contributed by atoms with Gasteiger partial charge in [0.05, 0.1) is 12.2 Å². The largest absolute Gasteiger partial charge is 0.457 e. The molecule has 2 aromatic carbocycles. The minimum atomic E-state index is -1.04. The molecule has 8 heteroatoms. The molecule has 2 aromatic rings. The number of allylic oxidation sites excluding steroid dienone is 1. The van der Waals surface area contributed by atoms with Crippen LogP contribution in [0.5, 0.6) is 0 Å². The molecule has 1 atom stereocenters. The molecule has 30 heavy (non-hydrogen) atoms. The van der Waals surface area contributed by atoms with Crippen LogP contribution in [0, 0.1) is 0 Å². The van der Waals surface area contributed by atoms with E-state index in [1.165, 1.54) is 0 Å². The Labute approximate surface area is 179 Å². The molecule has 0 aliphatic carbocycles. The van der Waals surface area contributed by atoms with Crippen LogP contribution in [0.1, 0.15) is 31.0 Å². The SMILES string of the molecule is CCOC(=O)N1C(=O)NC(C)=C(C(=O)OCc2ccccc2)C1c1cccc(Cl)c1. The number of ether oxygens (including phenoxy) is 2. The molecule has 156 valence electrons. The van der Waals surface area contributed by atoms with Crippen LogP contribution in [-0.2, 0) is 20.9 Å². The number of hydrogen-bond donors (Lipinski definition) is 1. The fourth-order valence-electron chi connectivity index (χ4n) is 3.18. The van der Waals surface area contributed by atoms with E-state index in [0.29, 0.717) is 16.3 Å². The molecule has 1 N–H and O–H groups in total. The smallest absolute Gasteiger partial charge is 0.418 e. The third-order valence-corrected chi connectivity index (χ3v) is 4.75. The van der Waals surface area contributed by atoms with Gasteiger partial charge >= 0.3 is 18.1 Å². The molecule has 0 aromatic heterocycles. The third kappa shape index (κ3) is 4.63. The zero-order chi connectivity index (χ0) is 21.7. The minimum Gasteiger partial charge on any atom is -0.457 e. The van der Waals surface area contributed by atoms with E-state index >= 15 is 0 Å². The van der Waals surface area contributed by atoms with Gasteiger partial charge in [-0.05, 0) is 37.1 Å². The number of carbonyl (C=O) groups is 3. The van der Waals surface area contributed by atoms with Crippen LogP contribution >= 0.6 is 11.6 Å². The number of imide groups is 1. The Balaban J connectivity index is 2.00. The topological polar surface area (TPSA) is 84.9 Å². The summed E-state index contributed by atoms with van der Waals surface area (Å²) in [6.07, 6.45) is -0.874. The first-order valence-corrected chi connectivity index (χ1v) is 9.74. The van der Waals surface area contributed by atoms with Gasteiger partial charge in [-0.1, -0.05) is 54.1 Å². The molecular weight excluding hydrogens is 408 g/mol. The molecule has 0 saturated carbocycles. The van der Waals surface area contributed by atoms with E-state index in [0.717, 1.165) is 10.5 Å². The van der Waals surface area contributed by atoms with Crippen LogP contribution in [0.15, 0.2) is 65.9 Å². The lowest BCUT2D eigenvalue weighted by molar-refractivity contribution is -0.141. The first kappa shape index (κ1) is 21.4. The summed E-state index contributed by atoms with van der Waals surface area (Å²) in [7, 11) is 0. The minimum absolute atomic E-state index is 0.0477. The van der Waals surface area contributed by atoms with Crippen molar-refractivity contribution < 1.29 is 23.9 Å². The van der Waals surface area contributed by atoms with Crippen LogP contribution in [0.2, 0.25) is 5.02 Å². The van der Waals surface area contributed by atoms with Crippen molar-refractivity contribution >= 4 is 29.7 Å². The molecule has 0 bridgehead atoms. The van der Waals surface area contributed by atoms with E-state index in [9.17, 15) is 14.4 Å². The summed E-state index contributed by atoms with van der Waals surface area (Å²) in [5, 5.41) is 2.94. The summed E-state index contributed by atoms with van der Waals surface area (Å²) in [5.74, 6) is -0.657. The third-order valence-electron chi connectivity index (χ3n) is 4.51. The fourth-order valence-corrected chi connectivity index (χ4v) is 3.38. The second-order valence-electron chi connectivity index (χ2n) is 6.56. The summed E-state index contributed by atoms with van der Waals surface area (Å²) in [5.41, 5.74) is 1.71. The number of urea groups is 1. The number of nitrogens with one attached hydrogen (secondary N) is 1. The average molecular weight is 429 g/mol. The molecule has 1 heterocycles. The van der Waals surface area contributed by atoms with Gasteiger partial charge in [-0.2, -0.15) is 0 Å². The number of halogens is 1. The highest BCUT2D eigenvalue weighted by molar-refractivity contribution is 6.30. The first-order chi connectivity index (χ1) is 14.4. The second-order valence-corrected chi connectivity index (χ2v) is 6.99. The van der Waals surface area contributed by atoms with Crippen molar-refractivity contribution in [2.24, 2.45) is 0 Å². The van der Waals surface area contributed by atoms with Gasteiger partial charge in [-0.25, -0.2) is 19.3 Å². The number of esters is 1. The number of benzene rings is 2. The predicted octanol–water partition coefficient (Wildman–Crippen LogP) is 4.58. The molecule has 7 nitrogen and oxygen atoms in total. The summed E-state index contributed by atoms with van der Waals surface area (Å²) < 4.78 is 10.5. The van der Waals surface area contributed by atoms with Crippen molar-refractivity contribution in [1.29, 1.82) is 0 Å². The fraction of sp³-hybridized carbons (Fsp3) is 0.227. The highest BCUT2D eigenvalue weighted by Gasteiger charge is 2.42. The lowest BCUT2D eigenvalue weighted by Crippen LogP contribution is -2.51. The monoisotopic (exact) mass is 428 g/mol. The molecule has 3 rings (SSSR count). The summed E-state index contributed by atoms with van der Waals surface area (Å²) in [4.78, 5) is 39.1. The summed E-state index contributed by atoms with van der Waals surface area (Å²) >= 11 is 6.13. The molecular formula is C22H21ClN2O5. The van der Waals surface area contributed by atoms with Gasteiger partial charge in [0.1, 0.15) is 12.6 Å². The van der Waals surface area contributed by atoms with Gasteiger partial charge in [-0.15, -0.1) is 0 Å². The van der Waals surface area contributed by atoms with Gasteiger partial charge < -0.3 is 14.8 Å². The normalized spacial score (nSPS) is 16.2. The highest BCUT2D eigenvalue weighted by atomic mass is 35.5. The standard InChI is InChI=1S/C22H21ClN2O5/c1-3-29-22(28)25-19(16-10-7-11-17(23)12-16)18(14(2)24-21(25)27)20(26)30-13-15-8-5-4-6-9-15/h4-12,19H,3,13H2,1-2H3,(H,24,27). The molecule has 0 radical (unpaired) electrons. The van der Waals surface area contributed by atoms with Crippen molar-refractivity contribution in [3.05, 3.63) is 82.0 Å². The Hall–Kier alpha value is -3.32. The first-order valence-electron chi connectivity index (χ1n) is 9.36. The van der Waals surface area contributed by atoms with Crippen LogP contribution in [0.3, 0.4) is 0 Å². The number of amides is 3. The number of rotatable bonds is 5. The Morgan fingerprint density at radius 1 is 1.10 bits per heavy atom. The Morgan fingerprint density at radius 2 is 1.83 bits per heavy atom. The number of nitrogens with zero attached hydrogens (tertiary/aromatic N) is 1. The maximum atomic E-state index is 13.0. The average Bonchev–Trinajstić information content (AvgIpc) is 2.72. The van der Waals surface area contributed by atoms with E-state index in [2.05, 4.69) is 5.32 Å². The molecule has 1 aliphatic heterocycles. The highest BCUT2D eigenvalue weighted by Crippen LogP contribution is 2.36. The summed E-state index contributed by atoms with van der Waals surface area (Å²) in [6.45, 7) is 3.33. The molecule has 0 spiro atoms. The van der Waals surface area contributed by atoms with Crippen molar-refractivity contribution in [1.82, 2.24) is 10.2 Å². The Kier molecular flexibility index (Phi) is 6.74. The van der Waals surface area contributed by atoms with Crippen LogP contribution in [0.4, 0.5) is 9.59 Å². The maximum Gasteiger partial charge on any atom is 0.418 e. The van der Waals surface area contributed by atoms with E-state index in [4.69, 9.17) is 21.1 Å². The van der Waals surface area contributed by atoms with Gasteiger partial charge in [0.2, 0.25) is 0 Å².